The normalized spacial score (nSPS) is 16.3. The summed E-state index contributed by atoms with van der Waals surface area (Å²) in [7, 11) is 0. The topological polar surface area (TPSA) is 58.6 Å². The number of anilines is 1. The summed E-state index contributed by atoms with van der Waals surface area (Å²) >= 11 is 0. The number of fused-ring (bicyclic) bond motifs is 1. The van der Waals surface area contributed by atoms with Crippen molar-refractivity contribution in [2.75, 3.05) is 5.32 Å². The van der Waals surface area contributed by atoms with Crippen LogP contribution < -0.4 is 10.1 Å². The molecule has 2 amide bonds. The molecule has 0 radical (unpaired) electrons. The van der Waals surface area contributed by atoms with Crippen molar-refractivity contribution in [3.05, 3.63) is 95.1 Å². The lowest BCUT2D eigenvalue weighted by molar-refractivity contribution is -0.141. The average molecular weight is 465 g/mol. The largest absolute Gasteiger partial charge is 0.480 e. The van der Waals surface area contributed by atoms with Crippen LogP contribution in [0.4, 0.5) is 14.5 Å². The highest BCUT2D eigenvalue weighted by Gasteiger charge is 2.34. The molecule has 3 aromatic rings. The Hall–Kier alpha value is -3.74. The molecule has 0 spiro atoms. The van der Waals surface area contributed by atoms with E-state index < -0.39 is 29.2 Å². The maximum absolute atomic E-state index is 14.0. The number of amides is 2. The van der Waals surface area contributed by atoms with Gasteiger partial charge in [0.05, 0.1) is 12.6 Å². The Kier molecular flexibility index (Phi) is 6.91. The molecule has 1 heterocycles. The summed E-state index contributed by atoms with van der Waals surface area (Å²) < 4.78 is 34.1. The Morgan fingerprint density at radius 3 is 2.41 bits per heavy atom. The fourth-order valence-corrected chi connectivity index (χ4v) is 4.29. The van der Waals surface area contributed by atoms with Crippen molar-refractivity contribution >= 4 is 17.5 Å². The standard InChI is InChI=1S/C27H26F2N2O3/c1-3-22(17-9-6-5-7-10-17)31-16-18-15-19(13-14-24(18)34-23(4-2)27(31)33)30-26(32)25-20(28)11-8-12-21(25)29/h5-15,22-23H,3-4,16H2,1-2H3,(H,30,32)/t22-,23+/m0/s1. The Bertz CT molecular complexity index is 1180. The smallest absolute Gasteiger partial charge is 0.264 e. The van der Waals surface area contributed by atoms with Gasteiger partial charge in [-0.3, -0.25) is 9.59 Å². The first kappa shape index (κ1) is 23.4. The number of ether oxygens (including phenoxy) is 1. The summed E-state index contributed by atoms with van der Waals surface area (Å²) in [4.78, 5) is 27.8. The van der Waals surface area contributed by atoms with Gasteiger partial charge in [-0.25, -0.2) is 8.78 Å². The van der Waals surface area contributed by atoms with E-state index in [4.69, 9.17) is 4.74 Å². The minimum absolute atomic E-state index is 0.103. The number of nitrogens with zero attached hydrogens (tertiary/aromatic N) is 1. The Labute approximate surface area is 197 Å². The monoisotopic (exact) mass is 464 g/mol. The van der Waals surface area contributed by atoms with Gasteiger partial charge >= 0.3 is 0 Å². The number of halogens is 2. The molecule has 2 atom stereocenters. The van der Waals surface area contributed by atoms with Crippen molar-refractivity contribution < 1.29 is 23.1 Å². The molecule has 0 fully saturated rings. The zero-order chi connectivity index (χ0) is 24.2. The van der Waals surface area contributed by atoms with E-state index in [1.807, 2.05) is 44.2 Å². The first-order valence-electron chi connectivity index (χ1n) is 11.3. The van der Waals surface area contributed by atoms with E-state index in [1.54, 1.807) is 23.1 Å². The highest BCUT2D eigenvalue weighted by molar-refractivity contribution is 6.04. The summed E-state index contributed by atoms with van der Waals surface area (Å²) in [5.74, 6) is -2.33. The molecular formula is C27H26F2N2O3. The third-order valence-electron chi connectivity index (χ3n) is 5.99. The van der Waals surface area contributed by atoms with E-state index in [0.29, 0.717) is 29.8 Å². The molecule has 1 aliphatic heterocycles. The van der Waals surface area contributed by atoms with Gasteiger partial charge in [-0.1, -0.05) is 50.2 Å². The average Bonchev–Trinajstić information content (AvgIpc) is 2.96. The van der Waals surface area contributed by atoms with E-state index in [2.05, 4.69) is 5.32 Å². The van der Waals surface area contributed by atoms with Gasteiger partial charge in [0.15, 0.2) is 6.10 Å². The van der Waals surface area contributed by atoms with Crippen LogP contribution in [0.5, 0.6) is 5.75 Å². The van der Waals surface area contributed by atoms with Crippen molar-refractivity contribution in [3.8, 4) is 5.75 Å². The van der Waals surface area contributed by atoms with Crippen molar-refractivity contribution in [1.29, 1.82) is 0 Å². The molecule has 5 nitrogen and oxygen atoms in total. The number of benzene rings is 3. The molecule has 0 saturated carbocycles. The van der Waals surface area contributed by atoms with Crippen LogP contribution in [0.15, 0.2) is 66.7 Å². The quantitative estimate of drug-likeness (QED) is 0.497. The van der Waals surface area contributed by atoms with Crippen LogP contribution in [0.1, 0.15) is 54.2 Å². The molecule has 0 aliphatic carbocycles. The summed E-state index contributed by atoms with van der Waals surface area (Å²) in [6, 6.07) is 17.9. The molecule has 1 aliphatic rings. The van der Waals surface area contributed by atoms with Gasteiger partial charge in [0.25, 0.3) is 11.8 Å². The highest BCUT2D eigenvalue weighted by atomic mass is 19.1. The van der Waals surface area contributed by atoms with Crippen LogP contribution >= 0.6 is 0 Å². The molecule has 4 rings (SSSR count). The van der Waals surface area contributed by atoms with Gasteiger partial charge < -0.3 is 15.0 Å². The van der Waals surface area contributed by atoms with Crippen LogP contribution in [-0.4, -0.2) is 22.8 Å². The number of hydrogen-bond acceptors (Lipinski definition) is 3. The number of rotatable bonds is 6. The van der Waals surface area contributed by atoms with E-state index >= 15 is 0 Å². The molecule has 0 bridgehead atoms. The summed E-state index contributed by atoms with van der Waals surface area (Å²) in [5.41, 5.74) is 1.43. The second-order valence-corrected chi connectivity index (χ2v) is 8.19. The van der Waals surface area contributed by atoms with E-state index in [0.717, 1.165) is 17.7 Å². The maximum Gasteiger partial charge on any atom is 0.264 e. The van der Waals surface area contributed by atoms with Gasteiger partial charge in [0.1, 0.15) is 22.9 Å². The fourth-order valence-electron chi connectivity index (χ4n) is 4.29. The van der Waals surface area contributed by atoms with Crippen LogP contribution in [0.3, 0.4) is 0 Å². The molecule has 7 heteroatoms. The Balaban J connectivity index is 1.67. The zero-order valence-electron chi connectivity index (χ0n) is 19.1. The molecule has 0 saturated heterocycles. The van der Waals surface area contributed by atoms with Crippen LogP contribution in [0, 0.1) is 11.6 Å². The molecule has 34 heavy (non-hydrogen) atoms. The molecule has 176 valence electrons. The predicted octanol–water partition coefficient (Wildman–Crippen LogP) is 5.87. The van der Waals surface area contributed by atoms with Crippen molar-refractivity contribution in [2.45, 2.75) is 45.4 Å². The van der Waals surface area contributed by atoms with Gasteiger partial charge in [0, 0.05) is 11.3 Å². The third kappa shape index (κ3) is 4.64. The first-order chi connectivity index (χ1) is 16.4. The SMILES string of the molecule is CC[C@H]1Oc2ccc(NC(=O)c3c(F)cccc3F)cc2CN([C@@H](CC)c2ccccc2)C1=O. The van der Waals surface area contributed by atoms with Gasteiger partial charge in [-0.2, -0.15) is 0 Å². The third-order valence-corrected chi connectivity index (χ3v) is 5.99. The van der Waals surface area contributed by atoms with Gasteiger partial charge in [0.2, 0.25) is 0 Å². The number of hydrogen-bond donors (Lipinski definition) is 1. The van der Waals surface area contributed by atoms with Crippen molar-refractivity contribution in [1.82, 2.24) is 4.90 Å². The fraction of sp³-hybridized carbons (Fsp3) is 0.259. The zero-order valence-corrected chi connectivity index (χ0v) is 19.1. The van der Waals surface area contributed by atoms with E-state index in [9.17, 15) is 18.4 Å². The lowest BCUT2D eigenvalue weighted by atomic mass is 10.0. The second-order valence-electron chi connectivity index (χ2n) is 8.19. The lowest BCUT2D eigenvalue weighted by Gasteiger charge is -2.32. The van der Waals surface area contributed by atoms with Crippen molar-refractivity contribution in [2.24, 2.45) is 0 Å². The molecule has 3 aromatic carbocycles. The lowest BCUT2D eigenvalue weighted by Crippen LogP contribution is -2.41. The predicted molar refractivity (Wildman–Crippen MR) is 125 cm³/mol. The summed E-state index contributed by atoms with van der Waals surface area (Å²) in [6.45, 7) is 4.20. The van der Waals surface area contributed by atoms with Crippen LogP contribution in [-0.2, 0) is 11.3 Å². The van der Waals surface area contributed by atoms with Gasteiger partial charge in [-0.05, 0) is 48.7 Å². The van der Waals surface area contributed by atoms with E-state index in [-0.39, 0.29) is 18.5 Å². The Morgan fingerprint density at radius 2 is 1.76 bits per heavy atom. The summed E-state index contributed by atoms with van der Waals surface area (Å²) in [6.07, 6.45) is 0.585. The highest BCUT2D eigenvalue weighted by Crippen LogP contribution is 2.35. The summed E-state index contributed by atoms with van der Waals surface area (Å²) in [5, 5.41) is 2.56. The van der Waals surface area contributed by atoms with E-state index in [1.165, 1.54) is 6.07 Å². The van der Waals surface area contributed by atoms with Crippen LogP contribution in [0.25, 0.3) is 0 Å². The molecule has 0 aromatic heterocycles. The number of carbonyl (C=O) groups excluding carboxylic acids is 2. The van der Waals surface area contributed by atoms with Crippen molar-refractivity contribution in [3.63, 3.8) is 0 Å². The second kappa shape index (κ2) is 10.0. The first-order valence-corrected chi connectivity index (χ1v) is 11.3. The maximum atomic E-state index is 14.0. The molecule has 1 N–H and O–H groups in total. The minimum atomic E-state index is -0.938. The molecule has 0 unspecified atom stereocenters. The minimum Gasteiger partial charge on any atom is -0.480 e. The number of carbonyl (C=O) groups is 2. The Morgan fingerprint density at radius 1 is 1.06 bits per heavy atom. The van der Waals surface area contributed by atoms with Crippen LogP contribution in [0.2, 0.25) is 0 Å². The molecular weight excluding hydrogens is 438 g/mol. The van der Waals surface area contributed by atoms with Gasteiger partial charge in [-0.15, -0.1) is 0 Å². The number of nitrogens with one attached hydrogen (secondary N) is 1.